The van der Waals surface area contributed by atoms with Gasteiger partial charge in [0.15, 0.2) is 0 Å². The lowest BCUT2D eigenvalue weighted by Gasteiger charge is -2.06. The highest BCUT2D eigenvalue weighted by molar-refractivity contribution is 5.69. The molecular weight excluding hydrogens is 299 g/mol. The number of aromatic nitrogens is 2. The van der Waals surface area contributed by atoms with Crippen LogP contribution in [-0.2, 0) is 11.3 Å². The van der Waals surface area contributed by atoms with Gasteiger partial charge in [-0.2, -0.15) is 13.2 Å². The Morgan fingerprint density at radius 2 is 2.24 bits per heavy atom. The smallest absolute Gasteiger partial charge is 0.392 e. The van der Waals surface area contributed by atoms with Gasteiger partial charge >= 0.3 is 23.7 Å². The topological polar surface area (TPSA) is 107 Å². The van der Waals surface area contributed by atoms with E-state index < -0.39 is 47.6 Å². The molecule has 0 spiro atoms. The predicted octanol–water partition coefficient (Wildman–Crippen LogP) is 1.84. The Kier molecular flexibility index (Phi) is 5.11. The van der Waals surface area contributed by atoms with Gasteiger partial charge < -0.3 is 9.84 Å². The largest absolute Gasteiger partial charge is 0.481 e. The number of hydrogen-bond acceptors (Lipinski definition) is 5. The molecule has 1 aromatic rings. The standard InChI is InChI=1S/C10H12F3N3O5/c1-6(9(17)18)4-15-5-7(16(19)20)8(14-15)21-3-2-10(11,12)13/h5-6H,2-4H2,1H3,(H,17,18)/t6-/m1/s1. The summed E-state index contributed by atoms with van der Waals surface area (Å²) in [4.78, 5) is 20.6. The van der Waals surface area contributed by atoms with Gasteiger partial charge in [-0.1, -0.05) is 6.92 Å². The van der Waals surface area contributed by atoms with Gasteiger partial charge in [-0.25, -0.2) is 0 Å². The van der Waals surface area contributed by atoms with Crippen LogP contribution in [0.1, 0.15) is 13.3 Å². The number of nitro groups is 1. The Morgan fingerprint density at radius 1 is 1.62 bits per heavy atom. The molecule has 11 heteroatoms. The summed E-state index contributed by atoms with van der Waals surface area (Å²) in [7, 11) is 0. The van der Waals surface area contributed by atoms with Crippen molar-refractivity contribution in [2.75, 3.05) is 6.61 Å². The van der Waals surface area contributed by atoms with Gasteiger partial charge in [-0.15, -0.1) is 5.10 Å². The van der Waals surface area contributed by atoms with Gasteiger partial charge in [0.25, 0.3) is 0 Å². The average Bonchev–Trinajstić information content (AvgIpc) is 2.70. The van der Waals surface area contributed by atoms with E-state index in [1.807, 2.05) is 0 Å². The monoisotopic (exact) mass is 311 g/mol. The summed E-state index contributed by atoms with van der Waals surface area (Å²) in [5.74, 6) is -2.57. The van der Waals surface area contributed by atoms with E-state index in [1.54, 1.807) is 0 Å². The summed E-state index contributed by atoms with van der Waals surface area (Å²) >= 11 is 0. The Hall–Kier alpha value is -2.33. The third kappa shape index (κ3) is 5.28. The molecule has 0 fully saturated rings. The van der Waals surface area contributed by atoms with Gasteiger partial charge in [-0.05, 0) is 0 Å². The lowest BCUT2D eigenvalue weighted by atomic mass is 10.2. The van der Waals surface area contributed by atoms with E-state index >= 15 is 0 Å². The molecule has 1 N–H and O–H groups in total. The first-order valence-electron chi connectivity index (χ1n) is 5.74. The first-order valence-corrected chi connectivity index (χ1v) is 5.74. The molecule has 0 saturated heterocycles. The third-order valence-corrected chi connectivity index (χ3v) is 2.41. The molecule has 118 valence electrons. The fourth-order valence-corrected chi connectivity index (χ4v) is 1.34. The summed E-state index contributed by atoms with van der Waals surface area (Å²) in [6.07, 6.45) is -4.81. The van der Waals surface area contributed by atoms with Crippen LogP contribution in [0.4, 0.5) is 18.9 Å². The summed E-state index contributed by atoms with van der Waals surface area (Å²) in [5, 5.41) is 23.1. The van der Waals surface area contributed by atoms with Crippen molar-refractivity contribution in [3.8, 4) is 5.88 Å². The van der Waals surface area contributed by atoms with Crippen LogP contribution in [0, 0.1) is 16.0 Å². The molecule has 0 saturated carbocycles. The van der Waals surface area contributed by atoms with Crippen LogP contribution in [0.15, 0.2) is 6.20 Å². The summed E-state index contributed by atoms with van der Waals surface area (Å²) in [5.41, 5.74) is -0.616. The van der Waals surface area contributed by atoms with Crippen LogP contribution in [-0.4, -0.2) is 38.6 Å². The number of carboxylic acid groups (broad SMARTS) is 1. The zero-order chi connectivity index (χ0) is 16.2. The lowest BCUT2D eigenvalue weighted by molar-refractivity contribution is -0.386. The van der Waals surface area contributed by atoms with Crippen molar-refractivity contribution >= 4 is 11.7 Å². The van der Waals surface area contributed by atoms with E-state index in [4.69, 9.17) is 5.11 Å². The maximum atomic E-state index is 12.0. The zero-order valence-electron chi connectivity index (χ0n) is 10.8. The molecule has 1 aromatic heterocycles. The number of halogens is 3. The molecule has 1 heterocycles. The maximum Gasteiger partial charge on any atom is 0.392 e. The number of carboxylic acids is 1. The molecule has 0 aromatic carbocycles. The molecule has 1 atom stereocenters. The molecule has 0 aliphatic rings. The average molecular weight is 311 g/mol. The lowest BCUT2D eigenvalue weighted by Crippen LogP contribution is -2.17. The second-order valence-corrected chi connectivity index (χ2v) is 4.25. The minimum absolute atomic E-state index is 0.168. The van der Waals surface area contributed by atoms with E-state index in [9.17, 15) is 28.1 Å². The summed E-state index contributed by atoms with van der Waals surface area (Å²) in [6, 6.07) is 0. The number of aliphatic carboxylic acids is 1. The van der Waals surface area contributed by atoms with Crippen molar-refractivity contribution in [3.05, 3.63) is 16.3 Å². The van der Waals surface area contributed by atoms with E-state index in [-0.39, 0.29) is 6.54 Å². The van der Waals surface area contributed by atoms with Gasteiger partial charge in [-0.3, -0.25) is 19.6 Å². The third-order valence-electron chi connectivity index (χ3n) is 2.41. The van der Waals surface area contributed by atoms with Gasteiger partial charge in [0, 0.05) is 0 Å². The van der Waals surface area contributed by atoms with E-state index in [1.165, 1.54) is 6.92 Å². The normalized spacial score (nSPS) is 13.0. The highest BCUT2D eigenvalue weighted by atomic mass is 19.4. The minimum atomic E-state index is -4.45. The number of carbonyl (C=O) groups is 1. The van der Waals surface area contributed by atoms with Crippen LogP contribution in [0.25, 0.3) is 0 Å². The molecule has 21 heavy (non-hydrogen) atoms. The van der Waals surface area contributed by atoms with Crippen LogP contribution in [0.5, 0.6) is 5.88 Å². The number of rotatable bonds is 7. The van der Waals surface area contributed by atoms with Gasteiger partial charge in [0.1, 0.15) is 6.20 Å². The van der Waals surface area contributed by atoms with Crippen LogP contribution in [0.3, 0.4) is 0 Å². The second-order valence-electron chi connectivity index (χ2n) is 4.25. The van der Waals surface area contributed by atoms with E-state index in [0.29, 0.717) is 0 Å². The van der Waals surface area contributed by atoms with E-state index in [0.717, 1.165) is 10.9 Å². The molecule has 0 radical (unpaired) electrons. The number of hydrogen-bond donors (Lipinski definition) is 1. The number of nitrogens with zero attached hydrogens (tertiary/aromatic N) is 3. The summed E-state index contributed by atoms with van der Waals surface area (Å²) in [6.45, 7) is 0.384. The van der Waals surface area contributed by atoms with Gasteiger partial charge in [0.2, 0.25) is 0 Å². The molecule has 0 bridgehead atoms. The fourth-order valence-electron chi connectivity index (χ4n) is 1.34. The molecule has 0 aliphatic carbocycles. The molecule has 1 rings (SSSR count). The quantitative estimate of drug-likeness (QED) is 0.608. The highest BCUT2D eigenvalue weighted by Crippen LogP contribution is 2.26. The minimum Gasteiger partial charge on any atom is -0.481 e. The Morgan fingerprint density at radius 3 is 2.71 bits per heavy atom. The zero-order valence-corrected chi connectivity index (χ0v) is 10.8. The van der Waals surface area contributed by atoms with Crippen molar-refractivity contribution in [1.29, 1.82) is 0 Å². The molecule has 8 nitrogen and oxygen atoms in total. The summed E-state index contributed by atoms with van der Waals surface area (Å²) < 4.78 is 41.6. The first-order chi connectivity index (χ1) is 9.60. The van der Waals surface area contributed by atoms with E-state index in [2.05, 4.69) is 9.84 Å². The van der Waals surface area contributed by atoms with Crippen LogP contribution >= 0.6 is 0 Å². The first kappa shape index (κ1) is 16.7. The van der Waals surface area contributed by atoms with Crippen molar-refractivity contribution in [2.24, 2.45) is 5.92 Å². The number of alkyl halides is 3. The molecule has 0 unspecified atom stereocenters. The Labute approximate surface area is 116 Å². The molecular formula is C10H12F3N3O5. The molecule has 0 amide bonds. The SMILES string of the molecule is C[C@H](Cn1cc([N+](=O)[O-])c(OCCC(F)(F)F)n1)C(=O)O. The highest BCUT2D eigenvalue weighted by Gasteiger charge is 2.29. The van der Waals surface area contributed by atoms with Crippen molar-refractivity contribution in [2.45, 2.75) is 26.1 Å². The van der Waals surface area contributed by atoms with Crippen LogP contribution in [0.2, 0.25) is 0 Å². The molecule has 0 aliphatic heterocycles. The van der Waals surface area contributed by atoms with Crippen LogP contribution < -0.4 is 4.74 Å². The number of ether oxygens (including phenoxy) is 1. The fraction of sp³-hybridized carbons (Fsp3) is 0.600. The van der Waals surface area contributed by atoms with Crippen molar-refractivity contribution in [3.63, 3.8) is 0 Å². The Bertz CT molecular complexity index is 528. The Balaban J connectivity index is 2.80. The van der Waals surface area contributed by atoms with Gasteiger partial charge in [0.05, 0.1) is 30.4 Å². The maximum absolute atomic E-state index is 12.0. The predicted molar refractivity (Wildman–Crippen MR) is 61.8 cm³/mol. The van der Waals surface area contributed by atoms with Crippen molar-refractivity contribution in [1.82, 2.24) is 9.78 Å². The second kappa shape index (κ2) is 6.41. The van der Waals surface area contributed by atoms with Crippen molar-refractivity contribution < 1.29 is 32.7 Å².